The molecule has 2 aromatic rings. The molecule has 32 heavy (non-hydrogen) atoms. The number of thioether (sulfide) groups is 1. The van der Waals surface area contributed by atoms with Crippen molar-refractivity contribution >= 4 is 41.0 Å². The summed E-state index contributed by atoms with van der Waals surface area (Å²) < 4.78 is 37.4. The first-order chi connectivity index (χ1) is 15.5. The van der Waals surface area contributed by atoms with Gasteiger partial charge in [-0.3, -0.25) is 4.90 Å². The zero-order valence-electron chi connectivity index (χ0n) is 17.2. The van der Waals surface area contributed by atoms with Gasteiger partial charge in [-0.25, -0.2) is 8.78 Å². The maximum absolute atomic E-state index is 14.6. The highest BCUT2D eigenvalue weighted by Gasteiger charge is 2.48. The van der Waals surface area contributed by atoms with Gasteiger partial charge < -0.3 is 20.1 Å². The lowest BCUT2D eigenvalue weighted by molar-refractivity contribution is -0.191. The van der Waals surface area contributed by atoms with Gasteiger partial charge in [0.05, 0.1) is 19.1 Å². The number of hydrogen-bond donors (Lipinski definition) is 3. The van der Waals surface area contributed by atoms with E-state index in [9.17, 15) is 8.78 Å². The van der Waals surface area contributed by atoms with Crippen LogP contribution in [0.15, 0.2) is 46.5 Å². The Balaban J connectivity index is 1.23. The molecule has 0 aliphatic carbocycles. The number of nitrogens with zero attached hydrogens (tertiary/aromatic N) is 1. The third kappa shape index (κ3) is 4.68. The van der Waals surface area contributed by atoms with Crippen molar-refractivity contribution in [3.63, 3.8) is 0 Å². The standard InChI is InChI=1S/C22H23ClF2N4OS2/c23-17-3-1-2-14(7-29-9-22(10-29)11-30-12-22)16(17)6-26-15-4-18(24)21(19(25)5-15)32-28-20-8-31-13-27-20/h1-5,8,26-28H,6-7,9-13H2. The van der Waals surface area contributed by atoms with Crippen LogP contribution in [0.2, 0.25) is 5.02 Å². The fourth-order valence-electron chi connectivity index (χ4n) is 4.18. The van der Waals surface area contributed by atoms with Crippen LogP contribution in [0.5, 0.6) is 0 Å². The number of nitrogens with one attached hydrogen (secondary N) is 3. The average Bonchev–Trinajstić information content (AvgIpc) is 3.21. The molecule has 0 bridgehead atoms. The third-order valence-corrected chi connectivity index (χ3v) is 7.81. The second-order valence-corrected chi connectivity index (χ2v) is 10.4. The molecule has 5 nitrogen and oxygen atoms in total. The summed E-state index contributed by atoms with van der Waals surface area (Å²) in [5.74, 6) is 0.243. The van der Waals surface area contributed by atoms with Crippen molar-refractivity contribution in [2.45, 2.75) is 18.0 Å². The Hall–Kier alpha value is -1.65. The summed E-state index contributed by atoms with van der Waals surface area (Å²) in [4.78, 5) is 2.31. The lowest BCUT2D eigenvalue weighted by Gasteiger charge is -2.55. The normalized spacial score (nSPS) is 19.2. The molecule has 3 aliphatic heterocycles. The Morgan fingerprint density at radius 2 is 2.00 bits per heavy atom. The van der Waals surface area contributed by atoms with Gasteiger partial charge in [-0.15, -0.1) is 11.8 Å². The van der Waals surface area contributed by atoms with E-state index < -0.39 is 11.6 Å². The first kappa shape index (κ1) is 22.2. The quantitative estimate of drug-likeness (QED) is 0.456. The maximum atomic E-state index is 14.6. The van der Waals surface area contributed by atoms with E-state index in [0.29, 0.717) is 22.7 Å². The average molecular weight is 497 g/mol. The van der Waals surface area contributed by atoms with Gasteiger partial charge in [0.15, 0.2) is 0 Å². The molecule has 2 aromatic carbocycles. The van der Waals surface area contributed by atoms with Crippen LogP contribution in [0.4, 0.5) is 14.5 Å². The van der Waals surface area contributed by atoms with Gasteiger partial charge in [-0.1, -0.05) is 23.7 Å². The molecular formula is C22H23ClF2N4OS2. The third-order valence-electron chi connectivity index (χ3n) is 5.82. The van der Waals surface area contributed by atoms with Crippen molar-refractivity contribution in [1.29, 1.82) is 0 Å². The number of hydrogen-bond acceptors (Lipinski definition) is 7. The van der Waals surface area contributed by atoms with Crippen LogP contribution in [0.1, 0.15) is 11.1 Å². The van der Waals surface area contributed by atoms with Crippen LogP contribution in [-0.4, -0.2) is 37.1 Å². The van der Waals surface area contributed by atoms with Crippen molar-refractivity contribution in [2.75, 3.05) is 37.5 Å². The first-order valence-corrected chi connectivity index (χ1v) is 12.5. The van der Waals surface area contributed by atoms with Crippen LogP contribution < -0.4 is 15.4 Å². The summed E-state index contributed by atoms with van der Waals surface area (Å²) in [6.07, 6.45) is 0. The van der Waals surface area contributed by atoms with Crippen molar-refractivity contribution < 1.29 is 13.5 Å². The zero-order valence-corrected chi connectivity index (χ0v) is 19.6. The molecule has 5 rings (SSSR count). The number of anilines is 1. The van der Waals surface area contributed by atoms with Gasteiger partial charge >= 0.3 is 0 Å². The summed E-state index contributed by atoms with van der Waals surface area (Å²) in [6, 6.07) is 8.46. The molecule has 3 heterocycles. The molecule has 0 saturated carbocycles. The van der Waals surface area contributed by atoms with Crippen LogP contribution in [0.25, 0.3) is 0 Å². The predicted octanol–water partition coefficient (Wildman–Crippen LogP) is 4.75. The van der Waals surface area contributed by atoms with E-state index in [1.165, 1.54) is 12.1 Å². The van der Waals surface area contributed by atoms with Gasteiger partial charge in [0.25, 0.3) is 0 Å². The van der Waals surface area contributed by atoms with Crippen LogP contribution in [-0.2, 0) is 17.8 Å². The van der Waals surface area contributed by atoms with Crippen molar-refractivity contribution in [2.24, 2.45) is 5.41 Å². The van der Waals surface area contributed by atoms with E-state index in [-0.39, 0.29) is 4.90 Å². The lowest BCUT2D eigenvalue weighted by Crippen LogP contribution is -2.65. The second-order valence-electron chi connectivity index (χ2n) is 8.36. The number of benzene rings is 2. The van der Waals surface area contributed by atoms with Crippen LogP contribution >= 0.6 is 35.3 Å². The first-order valence-electron chi connectivity index (χ1n) is 10.3. The van der Waals surface area contributed by atoms with E-state index in [1.807, 2.05) is 17.5 Å². The number of likely N-dealkylation sites (tertiary alicyclic amines) is 1. The molecule has 3 N–H and O–H groups in total. The lowest BCUT2D eigenvalue weighted by atomic mass is 9.78. The van der Waals surface area contributed by atoms with E-state index in [1.54, 1.807) is 11.8 Å². The summed E-state index contributed by atoms with van der Waals surface area (Å²) in [6.45, 7) is 4.94. The van der Waals surface area contributed by atoms with Crippen LogP contribution in [0, 0.1) is 17.0 Å². The fourth-order valence-corrected chi connectivity index (χ4v) is 5.80. The molecule has 2 fully saturated rings. The molecule has 0 radical (unpaired) electrons. The molecule has 170 valence electrons. The van der Waals surface area contributed by atoms with Gasteiger partial charge in [-0.05, 0) is 41.3 Å². The Kier molecular flexibility index (Phi) is 6.44. The fraction of sp³-hybridized carbons (Fsp3) is 0.364. The van der Waals surface area contributed by atoms with E-state index in [0.717, 1.165) is 67.6 Å². The minimum absolute atomic E-state index is 0.0692. The van der Waals surface area contributed by atoms with Gasteiger partial charge in [0.2, 0.25) is 0 Å². The highest BCUT2D eigenvalue weighted by atomic mass is 35.5. The highest BCUT2D eigenvalue weighted by molar-refractivity contribution is 8.02. The Bertz CT molecular complexity index is 1020. The van der Waals surface area contributed by atoms with Crippen LogP contribution in [0.3, 0.4) is 0 Å². The number of ether oxygens (including phenoxy) is 1. The van der Waals surface area contributed by atoms with Gasteiger partial charge in [0, 0.05) is 47.7 Å². The predicted molar refractivity (Wildman–Crippen MR) is 126 cm³/mol. The van der Waals surface area contributed by atoms with E-state index in [2.05, 4.69) is 26.3 Å². The minimum atomic E-state index is -0.621. The number of halogens is 3. The van der Waals surface area contributed by atoms with Gasteiger partial charge in [0.1, 0.15) is 22.4 Å². The molecule has 0 atom stereocenters. The van der Waals surface area contributed by atoms with E-state index >= 15 is 0 Å². The summed E-state index contributed by atoms with van der Waals surface area (Å²) >= 11 is 8.97. The largest absolute Gasteiger partial charge is 0.381 e. The van der Waals surface area contributed by atoms with E-state index in [4.69, 9.17) is 16.3 Å². The summed E-state index contributed by atoms with van der Waals surface area (Å²) in [7, 11) is 0. The minimum Gasteiger partial charge on any atom is -0.381 e. The molecule has 3 aliphatic rings. The second kappa shape index (κ2) is 9.30. The zero-order chi connectivity index (χ0) is 22.1. The Labute approximate surface area is 199 Å². The maximum Gasteiger partial charge on any atom is 0.143 e. The van der Waals surface area contributed by atoms with Crippen molar-refractivity contribution in [1.82, 2.24) is 14.9 Å². The number of rotatable bonds is 8. The molecule has 10 heteroatoms. The summed E-state index contributed by atoms with van der Waals surface area (Å²) in [5.41, 5.74) is 2.79. The van der Waals surface area contributed by atoms with Crippen molar-refractivity contribution in [3.8, 4) is 0 Å². The smallest absolute Gasteiger partial charge is 0.143 e. The Morgan fingerprint density at radius 1 is 1.22 bits per heavy atom. The van der Waals surface area contributed by atoms with Gasteiger partial charge in [-0.2, -0.15) is 0 Å². The topological polar surface area (TPSA) is 48.6 Å². The highest BCUT2D eigenvalue weighted by Crippen LogP contribution is 2.39. The Morgan fingerprint density at radius 3 is 2.66 bits per heavy atom. The molecule has 0 amide bonds. The molecule has 1 spiro atoms. The monoisotopic (exact) mass is 496 g/mol. The molecule has 0 unspecified atom stereocenters. The summed E-state index contributed by atoms with van der Waals surface area (Å²) in [5, 5.41) is 8.73. The SMILES string of the molecule is Fc1cc(NCc2c(Cl)cccc2CN2CC3(COC3)C2)cc(F)c1SNC1=CSCN1. The molecular weight excluding hydrogens is 474 g/mol. The van der Waals surface area contributed by atoms with Crippen molar-refractivity contribution in [3.05, 3.63) is 69.3 Å². The molecule has 2 saturated heterocycles. The molecule has 0 aromatic heterocycles.